The zero-order chi connectivity index (χ0) is 19.5. The highest BCUT2D eigenvalue weighted by Crippen LogP contribution is 2.28. The predicted octanol–water partition coefficient (Wildman–Crippen LogP) is 3.63. The molecule has 1 aliphatic heterocycles. The Morgan fingerprint density at radius 2 is 2.14 bits per heavy atom. The van der Waals surface area contributed by atoms with Crippen molar-refractivity contribution in [3.8, 4) is 0 Å². The lowest BCUT2D eigenvalue weighted by Gasteiger charge is -2.31. The van der Waals surface area contributed by atoms with Gasteiger partial charge in [-0.1, -0.05) is 29.8 Å². The van der Waals surface area contributed by atoms with E-state index in [4.69, 9.17) is 16.0 Å². The van der Waals surface area contributed by atoms with E-state index in [9.17, 15) is 9.59 Å². The molecule has 0 radical (unpaired) electrons. The van der Waals surface area contributed by atoms with Crippen molar-refractivity contribution in [2.75, 3.05) is 13.1 Å². The molecule has 3 heterocycles. The van der Waals surface area contributed by atoms with Gasteiger partial charge in [-0.15, -0.1) is 0 Å². The van der Waals surface area contributed by atoms with Gasteiger partial charge in [-0.3, -0.25) is 9.59 Å². The highest BCUT2D eigenvalue weighted by molar-refractivity contribution is 6.30. The number of aromatic nitrogens is 2. The first-order chi connectivity index (χ1) is 13.6. The lowest BCUT2D eigenvalue weighted by atomic mass is 9.97. The van der Waals surface area contributed by atoms with Gasteiger partial charge < -0.3 is 14.3 Å². The van der Waals surface area contributed by atoms with Crippen LogP contribution in [0.25, 0.3) is 0 Å². The van der Waals surface area contributed by atoms with Gasteiger partial charge in [0.15, 0.2) is 5.89 Å². The van der Waals surface area contributed by atoms with Crippen molar-refractivity contribution in [3.63, 3.8) is 0 Å². The zero-order valence-corrected chi connectivity index (χ0v) is 16.0. The Hall–Kier alpha value is -2.86. The third-order valence-electron chi connectivity index (χ3n) is 4.90. The number of H-pyrrole nitrogens is 1. The second-order valence-corrected chi connectivity index (χ2v) is 7.43. The van der Waals surface area contributed by atoms with Gasteiger partial charge in [-0.25, -0.2) is 4.98 Å². The SMILES string of the molecule is O=C(c1cccc(=O)[nH]1)N1CCC[C@H](c2ncc(Cc3cccc(Cl)c3)o2)C1. The molecule has 1 N–H and O–H groups in total. The minimum absolute atomic E-state index is 0.0428. The Balaban J connectivity index is 1.45. The number of nitrogens with zero attached hydrogens (tertiary/aromatic N) is 2. The number of halogens is 1. The van der Waals surface area contributed by atoms with Crippen molar-refractivity contribution in [1.82, 2.24) is 14.9 Å². The summed E-state index contributed by atoms with van der Waals surface area (Å²) in [6.07, 6.45) is 4.13. The number of benzene rings is 1. The molecule has 1 amide bonds. The molecule has 28 heavy (non-hydrogen) atoms. The summed E-state index contributed by atoms with van der Waals surface area (Å²) in [5, 5.41) is 0.692. The van der Waals surface area contributed by atoms with E-state index in [1.165, 1.54) is 6.07 Å². The van der Waals surface area contributed by atoms with Gasteiger partial charge in [0.05, 0.1) is 12.1 Å². The molecule has 0 unspecified atom stereocenters. The van der Waals surface area contributed by atoms with Crippen LogP contribution in [0.5, 0.6) is 0 Å². The summed E-state index contributed by atoms with van der Waals surface area (Å²) in [5.41, 5.74) is 1.09. The van der Waals surface area contributed by atoms with Crippen molar-refractivity contribution < 1.29 is 9.21 Å². The topological polar surface area (TPSA) is 79.2 Å². The number of pyridine rings is 1. The van der Waals surface area contributed by atoms with Gasteiger partial charge in [0.1, 0.15) is 11.5 Å². The number of amides is 1. The number of rotatable bonds is 4. The standard InChI is InChI=1S/C21H20ClN3O3/c22-16-6-1-4-14(10-16)11-17-12-23-20(28-17)15-5-3-9-25(13-15)21(27)18-7-2-8-19(26)24-18/h1-2,4,6-8,10,12,15H,3,5,9,11,13H2,(H,24,26)/t15-/m0/s1. The van der Waals surface area contributed by atoms with Crippen LogP contribution in [0, 0.1) is 0 Å². The molecule has 3 aromatic rings. The number of piperidine rings is 1. The van der Waals surface area contributed by atoms with Crippen molar-refractivity contribution >= 4 is 17.5 Å². The minimum Gasteiger partial charge on any atom is -0.445 e. The molecule has 4 rings (SSSR count). The molecule has 0 bridgehead atoms. The van der Waals surface area contributed by atoms with Gasteiger partial charge in [0, 0.05) is 30.6 Å². The number of hydrogen-bond donors (Lipinski definition) is 1. The highest BCUT2D eigenvalue weighted by Gasteiger charge is 2.28. The lowest BCUT2D eigenvalue weighted by molar-refractivity contribution is 0.0691. The van der Waals surface area contributed by atoms with Crippen LogP contribution in [0.4, 0.5) is 0 Å². The van der Waals surface area contributed by atoms with Crippen LogP contribution < -0.4 is 5.56 Å². The number of nitrogens with one attached hydrogen (secondary N) is 1. The van der Waals surface area contributed by atoms with Gasteiger partial charge in [0.25, 0.3) is 5.91 Å². The molecule has 0 saturated carbocycles. The maximum absolute atomic E-state index is 12.7. The minimum atomic E-state index is -0.280. The van der Waals surface area contributed by atoms with Crippen LogP contribution in [-0.4, -0.2) is 33.9 Å². The maximum atomic E-state index is 12.7. The fraction of sp³-hybridized carbons (Fsp3) is 0.286. The quantitative estimate of drug-likeness (QED) is 0.729. The van der Waals surface area contributed by atoms with E-state index in [1.807, 2.05) is 24.3 Å². The van der Waals surface area contributed by atoms with Gasteiger partial charge in [-0.05, 0) is 36.6 Å². The highest BCUT2D eigenvalue weighted by atomic mass is 35.5. The first-order valence-electron chi connectivity index (χ1n) is 9.26. The van der Waals surface area contributed by atoms with E-state index in [1.54, 1.807) is 23.2 Å². The molecule has 1 aliphatic rings. The largest absolute Gasteiger partial charge is 0.445 e. The van der Waals surface area contributed by atoms with Crippen LogP contribution in [0.2, 0.25) is 5.02 Å². The van der Waals surface area contributed by atoms with Crippen LogP contribution in [0.1, 0.15) is 46.5 Å². The predicted molar refractivity (Wildman–Crippen MR) is 106 cm³/mol. The molecule has 7 heteroatoms. The summed E-state index contributed by atoms with van der Waals surface area (Å²) in [4.78, 5) is 33.0. The normalized spacial score (nSPS) is 16.9. The molecule has 144 valence electrons. The zero-order valence-electron chi connectivity index (χ0n) is 15.2. The summed E-state index contributed by atoms with van der Waals surface area (Å²) in [5.74, 6) is 1.29. The molecular formula is C21H20ClN3O3. The van der Waals surface area contributed by atoms with E-state index in [0.29, 0.717) is 36.1 Å². The van der Waals surface area contributed by atoms with Crippen LogP contribution in [0.3, 0.4) is 0 Å². The van der Waals surface area contributed by atoms with E-state index in [-0.39, 0.29) is 17.4 Å². The van der Waals surface area contributed by atoms with Crippen molar-refractivity contribution in [1.29, 1.82) is 0 Å². The van der Waals surface area contributed by atoms with Crippen LogP contribution in [-0.2, 0) is 6.42 Å². The summed E-state index contributed by atoms with van der Waals surface area (Å²) in [7, 11) is 0. The van der Waals surface area contributed by atoms with Crippen molar-refractivity contribution in [3.05, 3.63) is 86.9 Å². The number of carbonyl (C=O) groups is 1. The first kappa shape index (κ1) is 18.5. The Morgan fingerprint density at radius 1 is 1.29 bits per heavy atom. The summed E-state index contributed by atoms with van der Waals surface area (Å²) >= 11 is 6.04. The molecule has 1 fully saturated rings. The second kappa shape index (κ2) is 8.02. The third kappa shape index (κ3) is 4.17. The maximum Gasteiger partial charge on any atom is 0.270 e. The van der Waals surface area contributed by atoms with Crippen LogP contribution >= 0.6 is 11.6 Å². The molecule has 0 spiro atoms. The van der Waals surface area contributed by atoms with Gasteiger partial charge in [-0.2, -0.15) is 0 Å². The van der Waals surface area contributed by atoms with E-state index in [2.05, 4.69) is 9.97 Å². The molecule has 1 aromatic carbocycles. The number of likely N-dealkylation sites (tertiary alicyclic amines) is 1. The lowest BCUT2D eigenvalue weighted by Crippen LogP contribution is -2.40. The summed E-state index contributed by atoms with van der Waals surface area (Å²) in [6.45, 7) is 1.18. The number of hydrogen-bond acceptors (Lipinski definition) is 4. The smallest absolute Gasteiger partial charge is 0.270 e. The second-order valence-electron chi connectivity index (χ2n) is 6.99. The Morgan fingerprint density at radius 3 is 2.96 bits per heavy atom. The van der Waals surface area contributed by atoms with E-state index >= 15 is 0 Å². The van der Waals surface area contributed by atoms with E-state index in [0.717, 1.165) is 24.2 Å². The molecule has 2 aromatic heterocycles. The molecule has 0 aliphatic carbocycles. The summed E-state index contributed by atoms with van der Waals surface area (Å²) < 4.78 is 5.97. The Kier molecular flexibility index (Phi) is 5.30. The van der Waals surface area contributed by atoms with E-state index < -0.39 is 0 Å². The van der Waals surface area contributed by atoms with Gasteiger partial charge >= 0.3 is 0 Å². The summed E-state index contributed by atoms with van der Waals surface area (Å²) in [6, 6.07) is 12.3. The van der Waals surface area contributed by atoms with Crippen molar-refractivity contribution in [2.45, 2.75) is 25.2 Å². The first-order valence-corrected chi connectivity index (χ1v) is 9.64. The van der Waals surface area contributed by atoms with Crippen LogP contribution in [0.15, 0.2) is 57.9 Å². The fourth-order valence-electron chi connectivity index (χ4n) is 3.55. The molecule has 1 saturated heterocycles. The monoisotopic (exact) mass is 397 g/mol. The number of aromatic amines is 1. The Labute approximate surface area is 167 Å². The average molecular weight is 398 g/mol. The number of carbonyl (C=O) groups excluding carboxylic acids is 1. The number of oxazole rings is 1. The molecule has 6 nitrogen and oxygen atoms in total. The fourth-order valence-corrected chi connectivity index (χ4v) is 3.76. The third-order valence-corrected chi connectivity index (χ3v) is 5.13. The van der Waals surface area contributed by atoms with Gasteiger partial charge in [0.2, 0.25) is 5.56 Å². The molecular weight excluding hydrogens is 378 g/mol. The average Bonchev–Trinajstić information content (AvgIpc) is 3.16. The molecule has 1 atom stereocenters. The van der Waals surface area contributed by atoms with Crippen molar-refractivity contribution in [2.24, 2.45) is 0 Å². The Bertz CT molecular complexity index is 1040.